The zero-order valence-corrected chi connectivity index (χ0v) is 9.50. The third-order valence-electron chi connectivity index (χ3n) is 1.95. The Morgan fingerprint density at radius 1 is 1.33 bits per heavy atom. The molecule has 0 radical (unpaired) electrons. The first kappa shape index (κ1) is 12.2. The summed E-state index contributed by atoms with van der Waals surface area (Å²) in [5.74, 6) is 0. The molecule has 1 atom stereocenters. The number of nitrogens with one attached hydrogen (secondary N) is 1. The number of nitrogens with two attached hydrogens (primary N) is 1. The van der Waals surface area contributed by atoms with Crippen molar-refractivity contribution < 1.29 is 8.42 Å². The molecule has 0 fully saturated rings. The van der Waals surface area contributed by atoms with Crippen LogP contribution in [-0.4, -0.2) is 21.0 Å². The minimum absolute atomic E-state index is 0.00322. The Kier molecular flexibility index (Phi) is 4.26. The Hall–Kier alpha value is -0.910. The molecule has 0 spiro atoms. The Morgan fingerprint density at radius 2 is 1.93 bits per heavy atom. The van der Waals surface area contributed by atoms with Crippen LogP contribution in [0.25, 0.3) is 0 Å². The van der Waals surface area contributed by atoms with Crippen molar-refractivity contribution in [3.05, 3.63) is 30.3 Å². The van der Waals surface area contributed by atoms with Crippen LogP contribution in [0.3, 0.4) is 0 Å². The fourth-order valence-electron chi connectivity index (χ4n) is 1.10. The molecule has 0 saturated heterocycles. The highest BCUT2D eigenvalue weighted by Crippen LogP contribution is 2.06. The van der Waals surface area contributed by atoms with Crippen molar-refractivity contribution in [2.24, 2.45) is 5.73 Å². The molecule has 4 nitrogen and oxygen atoms in total. The Morgan fingerprint density at radius 3 is 2.47 bits per heavy atom. The van der Waals surface area contributed by atoms with Gasteiger partial charge >= 0.3 is 0 Å². The maximum absolute atomic E-state index is 11.7. The standard InChI is InChI=1S/C10H16N2O2S/c1-9(11)7-8-12-15(13,14)10-5-3-2-4-6-10/h2-6,9,12H,7-8,11H2,1H3. The summed E-state index contributed by atoms with van der Waals surface area (Å²) in [6.07, 6.45) is 0.631. The van der Waals surface area contributed by atoms with Crippen molar-refractivity contribution in [3.8, 4) is 0 Å². The number of hydrogen-bond donors (Lipinski definition) is 2. The molecule has 0 heterocycles. The smallest absolute Gasteiger partial charge is 0.240 e. The molecule has 0 saturated carbocycles. The highest BCUT2D eigenvalue weighted by atomic mass is 32.2. The first-order valence-electron chi connectivity index (χ1n) is 4.82. The van der Waals surface area contributed by atoms with Crippen LogP contribution < -0.4 is 10.5 Å². The normalized spacial score (nSPS) is 13.7. The van der Waals surface area contributed by atoms with Crippen LogP contribution in [-0.2, 0) is 10.0 Å². The van der Waals surface area contributed by atoms with E-state index in [0.717, 1.165) is 0 Å². The topological polar surface area (TPSA) is 72.2 Å². The molecule has 15 heavy (non-hydrogen) atoms. The third kappa shape index (κ3) is 3.99. The molecule has 84 valence electrons. The van der Waals surface area contributed by atoms with Gasteiger partial charge in [0, 0.05) is 12.6 Å². The van der Waals surface area contributed by atoms with Crippen LogP contribution in [0.2, 0.25) is 0 Å². The number of sulfonamides is 1. The predicted octanol–water partition coefficient (Wildman–Crippen LogP) is 0.702. The van der Waals surface area contributed by atoms with Gasteiger partial charge in [-0.1, -0.05) is 18.2 Å². The molecule has 0 aliphatic heterocycles. The Bertz CT molecular complexity index is 387. The van der Waals surface area contributed by atoms with Crippen LogP contribution >= 0.6 is 0 Å². The van der Waals surface area contributed by atoms with Crippen molar-refractivity contribution in [1.29, 1.82) is 0 Å². The van der Waals surface area contributed by atoms with Crippen molar-refractivity contribution >= 4 is 10.0 Å². The summed E-state index contributed by atoms with van der Waals surface area (Å²) in [5, 5.41) is 0. The van der Waals surface area contributed by atoms with Crippen LogP contribution in [0.5, 0.6) is 0 Å². The maximum Gasteiger partial charge on any atom is 0.240 e. The number of rotatable bonds is 5. The lowest BCUT2D eigenvalue weighted by atomic mass is 10.3. The highest BCUT2D eigenvalue weighted by molar-refractivity contribution is 7.89. The Labute approximate surface area is 90.5 Å². The molecular formula is C10H16N2O2S. The zero-order valence-electron chi connectivity index (χ0n) is 8.68. The summed E-state index contributed by atoms with van der Waals surface area (Å²) < 4.78 is 25.8. The fraction of sp³-hybridized carbons (Fsp3) is 0.400. The molecule has 1 aromatic rings. The van der Waals surface area contributed by atoms with E-state index in [1.807, 2.05) is 6.92 Å². The fourth-order valence-corrected chi connectivity index (χ4v) is 2.17. The van der Waals surface area contributed by atoms with Gasteiger partial charge in [-0.25, -0.2) is 13.1 Å². The van der Waals surface area contributed by atoms with E-state index in [4.69, 9.17) is 5.73 Å². The average Bonchev–Trinajstić information content (AvgIpc) is 2.18. The zero-order chi connectivity index (χ0) is 11.3. The molecule has 0 aliphatic carbocycles. The Balaban J connectivity index is 2.61. The van der Waals surface area contributed by atoms with Crippen molar-refractivity contribution in [3.63, 3.8) is 0 Å². The summed E-state index contributed by atoms with van der Waals surface area (Å²) in [7, 11) is -3.36. The van der Waals surface area contributed by atoms with Crippen molar-refractivity contribution in [2.45, 2.75) is 24.3 Å². The quantitative estimate of drug-likeness (QED) is 0.779. The number of benzene rings is 1. The first-order valence-corrected chi connectivity index (χ1v) is 6.31. The van der Waals surface area contributed by atoms with Crippen LogP contribution in [0.4, 0.5) is 0 Å². The van der Waals surface area contributed by atoms with Gasteiger partial charge in [-0.05, 0) is 25.5 Å². The monoisotopic (exact) mass is 228 g/mol. The van der Waals surface area contributed by atoms with Gasteiger partial charge in [0.2, 0.25) is 10.0 Å². The molecule has 0 amide bonds. The van der Waals surface area contributed by atoms with E-state index in [1.54, 1.807) is 30.3 Å². The van der Waals surface area contributed by atoms with Gasteiger partial charge < -0.3 is 5.73 Å². The predicted molar refractivity (Wildman–Crippen MR) is 59.9 cm³/mol. The summed E-state index contributed by atoms with van der Waals surface area (Å²) >= 11 is 0. The van der Waals surface area contributed by atoms with Gasteiger partial charge in [0.1, 0.15) is 0 Å². The van der Waals surface area contributed by atoms with Gasteiger partial charge in [-0.3, -0.25) is 0 Å². The molecular weight excluding hydrogens is 212 g/mol. The van der Waals surface area contributed by atoms with E-state index in [2.05, 4.69) is 4.72 Å². The van der Waals surface area contributed by atoms with Crippen molar-refractivity contribution in [2.75, 3.05) is 6.54 Å². The average molecular weight is 228 g/mol. The molecule has 3 N–H and O–H groups in total. The van der Waals surface area contributed by atoms with E-state index >= 15 is 0 Å². The molecule has 0 aromatic heterocycles. The van der Waals surface area contributed by atoms with E-state index in [9.17, 15) is 8.42 Å². The minimum atomic E-state index is -3.36. The second kappa shape index (κ2) is 5.25. The van der Waals surface area contributed by atoms with Crippen LogP contribution in [0.15, 0.2) is 35.2 Å². The third-order valence-corrected chi connectivity index (χ3v) is 3.42. The maximum atomic E-state index is 11.7. The molecule has 1 aromatic carbocycles. The SMILES string of the molecule is CC(N)CCNS(=O)(=O)c1ccccc1. The largest absolute Gasteiger partial charge is 0.328 e. The van der Waals surface area contributed by atoms with Crippen LogP contribution in [0, 0.1) is 0 Å². The summed E-state index contributed by atoms with van der Waals surface area (Å²) in [5.41, 5.74) is 5.53. The summed E-state index contributed by atoms with van der Waals surface area (Å²) in [4.78, 5) is 0.287. The summed E-state index contributed by atoms with van der Waals surface area (Å²) in [6.45, 7) is 2.21. The van der Waals surface area contributed by atoms with Gasteiger partial charge in [-0.2, -0.15) is 0 Å². The lowest BCUT2D eigenvalue weighted by Gasteiger charge is -2.07. The molecule has 0 aliphatic rings. The summed E-state index contributed by atoms with van der Waals surface area (Å²) in [6, 6.07) is 8.30. The molecule has 1 unspecified atom stereocenters. The van der Waals surface area contributed by atoms with Crippen LogP contribution in [0.1, 0.15) is 13.3 Å². The second-order valence-corrected chi connectivity index (χ2v) is 5.24. The lowest BCUT2D eigenvalue weighted by Crippen LogP contribution is -2.29. The van der Waals surface area contributed by atoms with E-state index in [0.29, 0.717) is 13.0 Å². The highest BCUT2D eigenvalue weighted by Gasteiger charge is 2.12. The van der Waals surface area contributed by atoms with Crippen molar-refractivity contribution in [1.82, 2.24) is 4.72 Å². The molecule has 1 rings (SSSR count). The van der Waals surface area contributed by atoms with E-state index in [-0.39, 0.29) is 10.9 Å². The van der Waals surface area contributed by atoms with Gasteiger partial charge in [-0.15, -0.1) is 0 Å². The van der Waals surface area contributed by atoms with E-state index in [1.165, 1.54) is 0 Å². The number of hydrogen-bond acceptors (Lipinski definition) is 3. The second-order valence-electron chi connectivity index (χ2n) is 3.48. The minimum Gasteiger partial charge on any atom is -0.328 e. The first-order chi connectivity index (χ1) is 7.02. The van der Waals surface area contributed by atoms with Gasteiger partial charge in [0.15, 0.2) is 0 Å². The molecule has 5 heteroatoms. The lowest BCUT2D eigenvalue weighted by molar-refractivity contribution is 0.572. The van der Waals surface area contributed by atoms with Gasteiger partial charge in [0.25, 0.3) is 0 Å². The van der Waals surface area contributed by atoms with Gasteiger partial charge in [0.05, 0.1) is 4.90 Å². The molecule has 0 bridgehead atoms. The van der Waals surface area contributed by atoms with E-state index < -0.39 is 10.0 Å².